The lowest BCUT2D eigenvalue weighted by atomic mass is 9.85. The van der Waals surface area contributed by atoms with Gasteiger partial charge in [-0.2, -0.15) is 0 Å². The summed E-state index contributed by atoms with van der Waals surface area (Å²) in [7, 11) is 0. The zero-order valence-electron chi connectivity index (χ0n) is 13.4. The lowest BCUT2D eigenvalue weighted by Crippen LogP contribution is -2.45. The van der Waals surface area contributed by atoms with Crippen LogP contribution >= 0.6 is 0 Å². The summed E-state index contributed by atoms with van der Waals surface area (Å²) >= 11 is 0. The maximum atomic E-state index is 3.90. The Morgan fingerprint density at radius 1 is 1.05 bits per heavy atom. The van der Waals surface area contributed by atoms with Gasteiger partial charge in [-0.3, -0.25) is 0 Å². The van der Waals surface area contributed by atoms with Crippen molar-refractivity contribution < 1.29 is 0 Å². The van der Waals surface area contributed by atoms with Crippen LogP contribution in [0, 0.1) is 5.41 Å². The molecule has 2 heteroatoms. The van der Waals surface area contributed by atoms with Crippen molar-refractivity contribution in [2.75, 3.05) is 19.6 Å². The molecule has 2 atom stereocenters. The van der Waals surface area contributed by atoms with E-state index in [-0.39, 0.29) is 0 Å². The first-order valence-corrected chi connectivity index (χ1v) is 8.54. The standard InChI is InChI=1S/C17H34N2/c1-15(14-19-12-5-4-6-13-19)18-16-8-7-10-17(2,3)11-9-16/h15-16,18H,4-14H2,1-3H3. The Morgan fingerprint density at radius 3 is 2.53 bits per heavy atom. The van der Waals surface area contributed by atoms with Crippen molar-refractivity contribution in [3.05, 3.63) is 0 Å². The molecule has 1 saturated carbocycles. The van der Waals surface area contributed by atoms with E-state index in [9.17, 15) is 0 Å². The highest BCUT2D eigenvalue weighted by atomic mass is 15.2. The maximum Gasteiger partial charge on any atom is 0.0169 e. The average Bonchev–Trinajstić information content (AvgIpc) is 2.52. The van der Waals surface area contributed by atoms with Crippen LogP contribution in [0.2, 0.25) is 0 Å². The fourth-order valence-electron chi connectivity index (χ4n) is 3.81. The summed E-state index contributed by atoms with van der Waals surface area (Å²) in [6.45, 7) is 11.1. The second-order valence-electron chi connectivity index (χ2n) is 7.72. The van der Waals surface area contributed by atoms with Gasteiger partial charge < -0.3 is 10.2 Å². The molecule has 1 saturated heterocycles. The smallest absolute Gasteiger partial charge is 0.0169 e. The molecule has 2 rings (SSSR count). The first-order valence-electron chi connectivity index (χ1n) is 8.54. The molecule has 2 fully saturated rings. The van der Waals surface area contributed by atoms with Crippen LogP contribution in [0.1, 0.15) is 72.1 Å². The molecule has 0 aromatic rings. The molecule has 1 aliphatic heterocycles. The summed E-state index contributed by atoms with van der Waals surface area (Å²) < 4.78 is 0. The molecule has 112 valence electrons. The predicted octanol–water partition coefficient (Wildman–Crippen LogP) is 3.81. The summed E-state index contributed by atoms with van der Waals surface area (Å²) in [5.74, 6) is 0. The molecule has 0 aromatic carbocycles. The molecule has 19 heavy (non-hydrogen) atoms. The molecule has 0 bridgehead atoms. The van der Waals surface area contributed by atoms with E-state index >= 15 is 0 Å². The van der Waals surface area contributed by atoms with Crippen LogP contribution in [-0.4, -0.2) is 36.6 Å². The van der Waals surface area contributed by atoms with Gasteiger partial charge in [0.05, 0.1) is 0 Å². The Hall–Kier alpha value is -0.0800. The largest absolute Gasteiger partial charge is 0.310 e. The SMILES string of the molecule is CC(CN1CCCCC1)NC1CCCC(C)(C)CC1. The number of nitrogens with one attached hydrogen (secondary N) is 1. The quantitative estimate of drug-likeness (QED) is 0.778. The van der Waals surface area contributed by atoms with Crippen molar-refractivity contribution in [3.8, 4) is 0 Å². The van der Waals surface area contributed by atoms with Crippen molar-refractivity contribution >= 4 is 0 Å². The molecule has 0 radical (unpaired) electrons. The van der Waals surface area contributed by atoms with Crippen molar-refractivity contribution in [2.24, 2.45) is 5.41 Å². The third-order valence-corrected chi connectivity index (χ3v) is 5.08. The summed E-state index contributed by atoms with van der Waals surface area (Å²) in [5.41, 5.74) is 0.576. The predicted molar refractivity (Wildman–Crippen MR) is 83.5 cm³/mol. The minimum absolute atomic E-state index is 0.576. The third-order valence-electron chi connectivity index (χ3n) is 5.08. The molecule has 2 nitrogen and oxygen atoms in total. The molecular formula is C17H34N2. The zero-order chi connectivity index (χ0) is 13.7. The van der Waals surface area contributed by atoms with Crippen LogP contribution < -0.4 is 5.32 Å². The number of rotatable bonds is 4. The molecule has 2 unspecified atom stereocenters. The Bertz CT molecular complexity index is 256. The van der Waals surface area contributed by atoms with E-state index < -0.39 is 0 Å². The summed E-state index contributed by atoms with van der Waals surface area (Å²) in [6.07, 6.45) is 11.2. The number of nitrogens with zero attached hydrogens (tertiary/aromatic N) is 1. The Kier molecular flexibility index (Phi) is 5.70. The normalized spacial score (nSPS) is 30.8. The average molecular weight is 266 g/mol. The molecule has 0 amide bonds. The van der Waals surface area contributed by atoms with Gasteiger partial charge in [-0.15, -0.1) is 0 Å². The third kappa shape index (κ3) is 5.43. The van der Waals surface area contributed by atoms with Crippen LogP contribution in [0.4, 0.5) is 0 Å². The monoisotopic (exact) mass is 266 g/mol. The van der Waals surface area contributed by atoms with Gasteiger partial charge in [0.1, 0.15) is 0 Å². The fourth-order valence-corrected chi connectivity index (χ4v) is 3.81. The number of hydrogen-bond acceptors (Lipinski definition) is 2. The highest BCUT2D eigenvalue weighted by Gasteiger charge is 2.25. The summed E-state index contributed by atoms with van der Waals surface area (Å²) in [6, 6.07) is 1.42. The van der Waals surface area contributed by atoms with Gasteiger partial charge in [0.15, 0.2) is 0 Å². The second-order valence-corrected chi connectivity index (χ2v) is 7.72. The lowest BCUT2D eigenvalue weighted by Gasteiger charge is -2.31. The maximum absolute atomic E-state index is 3.90. The van der Waals surface area contributed by atoms with E-state index in [0.717, 1.165) is 6.04 Å². The van der Waals surface area contributed by atoms with Gasteiger partial charge in [0.2, 0.25) is 0 Å². The molecule has 0 aromatic heterocycles. The van der Waals surface area contributed by atoms with Crippen LogP contribution in [0.3, 0.4) is 0 Å². The van der Waals surface area contributed by atoms with Gasteiger partial charge >= 0.3 is 0 Å². The van der Waals surface area contributed by atoms with E-state index in [4.69, 9.17) is 0 Å². The van der Waals surface area contributed by atoms with Crippen LogP contribution in [0.25, 0.3) is 0 Å². The van der Waals surface area contributed by atoms with E-state index in [0.29, 0.717) is 11.5 Å². The van der Waals surface area contributed by atoms with Crippen LogP contribution in [0.15, 0.2) is 0 Å². The van der Waals surface area contributed by atoms with Crippen LogP contribution in [0.5, 0.6) is 0 Å². The van der Waals surface area contributed by atoms with E-state index in [1.54, 1.807) is 0 Å². The van der Waals surface area contributed by atoms with Gasteiger partial charge in [-0.25, -0.2) is 0 Å². The lowest BCUT2D eigenvalue weighted by molar-refractivity contribution is 0.201. The number of likely N-dealkylation sites (tertiary alicyclic amines) is 1. The van der Waals surface area contributed by atoms with Crippen molar-refractivity contribution in [2.45, 2.75) is 84.2 Å². The molecule has 2 aliphatic rings. The van der Waals surface area contributed by atoms with E-state index in [2.05, 4.69) is 31.0 Å². The highest BCUT2D eigenvalue weighted by Crippen LogP contribution is 2.33. The topological polar surface area (TPSA) is 15.3 Å². The van der Waals surface area contributed by atoms with Gasteiger partial charge in [-0.1, -0.05) is 26.7 Å². The minimum Gasteiger partial charge on any atom is -0.310 e. The van der Waals surface area contributed by atoms with Gasteiger partial charge in [0.25, 0.3) is 0 Å². The number of hydrogen-bond donors (Lipinski definition) is 1. The molecule has 0 spiro atoms. The fraction of sp³-hybridized carbons (Fsp3) is 1.00. The van der Waals surface area contributed by atoms with Gasteiger partial charge in [0, 0.05) is 18.6 Å². The van der Waals surface area contributed by atoms with Crippen molar-refractivity contribution in [1.29, 1.82) is 0 Å². The van der Waals surface area contributed by atoms with Crippen molar-refractivity contribution in [3.63, 3.8) is 0 Å². The highest BCUT2D eigenvalue weighted by molar-refractivity contribution is 4.82. The Labute approximate surface area is 120 Å². The summed E-state index contributed by atoms with van der Waals surface area (Å²) in [5, 5.41) is 3.90. The van der Waals surface area contributed by atoms with Gasteiger partial charge in [-0.05, 0) is 64.0 Å². The Morgan fingerprint density at radius 2 is 1.79 bits per heavy atom. The van der Waals surface area contributed by atoms with Crippen molar-refractivity contribution in [1.82, 2.24) is 10.2 Å². The molecule has 1 N–H and O–H groups in total. The first kappa shape index (κ1) is 15.3. The second kappa shape index (κ2) is 7.08. The first-order chi connectivity index (χ1) is 9.05. The molecular weight excluding hydrogens is 232 g/mol. The minimum atomic E-state index is 0.576. The van der Waals surface area contributed by atoms with E-state index in [1.807, 2.05) is 0 Å². The number of piperidine rings is 1. The molecule has 1 heterocycles. The summed E-state index contributed by atoms with van der Waals surface area (Å²) in [4.78, 5) is 2.65. The Balaban J connectivity index is 1.70. The molecule has 1 aliphatic carbocycles. The zero-order valence-corrected chi connectivity index (χ0v) is 13.4. The van der Waals surface area contributed by atoms with E-state index in [1.165, 1.54) is 71.0 Å². The van der Waals surface area contributed by atoms with Crippen LogP contribution in [-0.2, 0) is 0 Å².